The molecule has 3 heterocycles. The lowest BCUT2D eigenvalue weighted by Crippen LogP contribution is -2.36. The summed E-state index contributed by atoms with van der Waals surface area (Å²) in [5.41, 5.74) is 2.87. The highest BCUT2D eigenvalue weighted by Gasteiger charge is 2.26. The molecule has 0 bridgehead atoms. The van der Waals surface area contributed by atoms with E-state index in [0.717, 1.165) is 23.8 Å². The quantitative estimate of drug-likeness (QED) is 0.670. The molecule has 1 amide bonds. The normalized spacial score (nSPS) is 13.8. The van der Waals surface area contributed by atoms with Gasteiger partial charge in [-0.1, -0.05) is 30.0 Å². The molecular formula is C18H17N3OS2. The van der Waals surface area contributed by atoms with E-state index < -0.39 is 0 Å². The highest BCUT2D eigenvalue weighted by molar-refractivity contribution is 7.98. The van der Waals surface area contributed by atoms with Crippen LogP contribution in [0.1, 0.15) is 20.9 Å². The highest BCUT2D eigenvalue weighted by atomic mass is 32.2. The molecule has 0 spiro atoms. The Morgan fingerprint density at radius 1 is 1.25 bits per heavy atom. The van der Waals surface area contributed by atoms with Gasteiger partial charge in [-0.25, -0.2) is 4.98 Å². The zero-order chi connectivity index (χ0) is 16.5. The summed E-state index contributed by atoms with van der Waals surface area (Å²) < 4.78 is 1.95. The largest absolute Gasteiger partial charge is 0.333 e. The number of fused-ring (bicyclic) bond motifs is 1. The van der Waals surface area contributed by atoms with Crippen molar-refractivity contribution in [2.45, 2.75) is 18.1 Å². The number of carbonyl (C=O) groups is 1. The molecule has 6 heteroatoms. The first kappa shape index (κ1) is 15.5. The first-order chi connectivity index (χ1) is 11.8. The van der Waals surface area contributed by atoms with Crippen LogP contribution in [-0.4, -0.2) is 33.2 Å². The fraction of sp³-hybridized carbons (Fsp3) is 0.222. The van der Waals surface area contributed by atoms with E-state index in [1.807, 2.05) is 46.1 Å². The summed E-state index contributed by atoms with van der Waals surface area (Å²) in [5, 5.41) is 2.94. The summed E-state index contributed by atoms with van der Waals surface area (Å²) in [6, 6.07) is 12.1. The van der Waals surface area contributed by atoms with E-state index in [9.17, 15) is 4.79 Å². The van der Waals surface area contributed by atoms with Crippen molar-refractivity contribution in [3.05, 3.63) is 64.1 Å². The predicted octanol–water partition coefficient (Wildman–Crippen LogP) is 3.85. The molecule has 3 aromatic rings. The summed E-state index contributed by atoms with van der Waals surface area (Å²) >= 11 is 3.33. The van der Waals surface area contributed by atoms with Crippen LogP contribution < -0.4 is 0 Å². The second-order valence-corrected chi connectivity index (χ2v) is 7.42. The van der Waals surface area contributed by atoms with E-state index in [2.05, 4.69) is 16.4 Å². The van der Waals surface area contributed by atoms with Gasteiger partial charge in [0.25, 0.3) is 5.91 Å². The van der Waals surface area contributed by atoms with E-state index in [-0.39, 0.29) is 5.91 Å². The van der Waals surface area contributed by atoms with Crippen LogP contribution in [0.2, 0.25) is 0 Å². The topological polar surface area (TPSA) is 38.1 Å². The number of thioether (sulfide) groups is 1. The third kappa shape index (κ3) is 2.65. The van der Waals surface area contributed by atoms with E-state index >= 15 is 0 Å². The molecule has 1 aromatic carbocycles. The molecule has 0 unspecified atom stereocenters. The number of rotatable bonds is 3. The Bertz CT molecular complexity index is 870. The minimum atomic E-state index is 0.0449. The maximum atomic E-state index is 13.1. The molecule has 4 rings (SSSR count). The minimum absolute atomic E-state index is 0.0449. The van der Waals surface area contributed by atoms with Crippen LogP contribution in [0.4, 0.5) is 0 Å². The number of aromatic nitrogens is 2. The average Bonchev–Trinajstić information content (AvgIpc) is 3.27. The summed E-state index contributed by atoms with van der Waals surface area (Å²) in [7, 11) is 0. The van der Waals surface area contributed by atoms with E-state index in [4.69, 9.17) is 0 Å². The molecule has 1 aliphatic rings. The molecule has 2 aromatic heterocycles. The molecule has 0 atom stereocenters. The third-order valence-corrected chi connectivity index (χ3v) is 5.92. The van der Waals surface area contributed by atoms with Gasteiger partial charge in [-0.15, -0.1) is 11.3 Å². The van der Waals surface area contributed by atoms with Gasteiger partial charge in [0.05, 0.1) is 6.20 Å². The van der Waals surface area contributed by atoms with Gasteiger partial charge in [-0.3, -0.25) is 9.36 Å². The second kappa shape index (κ2) is 6.45. The van der Waals surface area contributed by atoms with E-state index in [0.29, 0.717) is 12.2 Å². The SMILES string of the molecule is CSc1ncc(C(=O)N2CCc3sccc3C2)n1-c1ccccc1. The average molecular weight is 355 g/mol. The minimum Gasteiger partial charge on any atom is -0.333 e. The Labute approximate surface area is 149 Å². The van der Waals surface area contributed by atoms with E-state index in [1.54, 1.807) is 29.3 Å². The first-order valence-electron chi connectivity index (χ1n) is 7.79. The van der Waals surface area contributed by atoms with Gasteiger partial charge < -0.3 is 4.90 Å². The predicted molar refractivity (Wildman–Crippen MR) is 98.1 cm³/mol. The Hall–Kier alpha value is -2.05. The van der Waals surface area contributed by atoms with Crippen molar-refractivity contribution in [1.82, 2.24) is 14.5 Å². The number of hydrogen-bond acceptors (Lipinski definition) is 4. The number of hydrogen-bond donors (Lipinski definition) is 0. The standard InChI is InChI=1S/C18H17N3OS2/c1-23-18-19-11-15(21(18)14-5-3-2-4-6-14)17(22)20-9-7-16-13(12-20)8-10-24-16/h2-6,8,10-11H,7,9,12H2,1H3. The van der Waals surface area contributed by atoms with Gasteiger partial charge in [0.15, 0.2) is 5.16 Å². The van der Waals surface area contributed by atoms with Crippen molar-refractivity contribution in [3.8, 4) is 5.69 Å². The van der Waals surface area contributed by atoms with Crippen molar-refractivity contribution in [2.75, 3.05) is 12.8 Å². The van der Waals surface area contributed by atoms with Crippen LogP contribution in [0.15, 0.2) is 53.1 Å². The highest BCUT2D eigenvalue weighted by Crippen LogP contribution is 2.27. The molecular weight excluding hydrogens is 338 g/mol. The number of benzene rings is 1. The molecule has 1 aliphatic heterocycles. The fourth-order valence-corrected chi connectivity index (χ4v) is 4.47. The van der Waals surface area contributed by atoms with E-state index in [1.165, 1.54) is 10.4 Å². The number of nitrogens with zero attached hydrogens (tertiary/aromatic N) is 3. The fourth-order valence-electron chi connectivity index (χ4n) is 3.04. The molecule has 0 N–H and O–H groups in total. The number of carbonyl (C=O) groups excluding carboxylic acids is 1. The maximum Gasteiger partial charge on any atom is 0.272 e. The Kier molecular flexibility index (Phi) is 4.16. The third-order valence-electron chi connectivity index (χ3n) is 4.24. The van der Waals surface area contributed by atoms with Crippen LogP contribution in [0.3, 0.4) is 0 Å². The van der Waals surface area contributed by atoms with Crippen LogP contribution in [-0.2, 0) is 13.0 Å². The Balaban J connectivity index is 1.70. The molecule has 0 saturated carbocycles. The van der Waals surface area contributed by atoms with Crippen molar-refractivity contribution >= 4 is 29.0 Å². The lowest BCUT2D eigenvalue weighted by molar-refractivity contribution is 0.0727. The van der Waals surface area contributed by atoms with Crippen LogP contribution in [0.5, 0.6) is 0 Å². The smallest absolute Gasteiger partial charge is 0.272 e. The molecule has 24 heavy (non-hydrogen) atoms. The molecule has 0 fully saturated rings. The van der Waals surface area contributed by atoms with Crippen molar-refractivity contribution in [1.29, 1.82) is 0 Å². The number of imidazole rings is 1. The van der Waals surface area contributed by atoms with Gasteiger partial charge in [0.2, 0.25) is 0 Å². The summed E-state index contributed by atoms with van der Waals surface area (Å²) in [6.07, 6.45) is 4.62. The van der Waals surface area contributed by atoms with Crippen LogP contribution in [0.25, 0.3) is 5.69 Å². The Morgan fingerprint density at radius 3 is 2.88 bits per heavy atom. The van der Waals surface area contributed by atoms with Gasteiger partial charge in [0, 0.05) is 23.7 Å². The number of para-hydroxylation sites is 1. The summed E-state index contributed by atoms with van der Waals surface area (Å²) in [5.74, 6) is 0.0449. The van der Waals surface area contributed by atoms with Crippen molar-refractivity contribution < 1.29 is 4.79 Å². The maximum absolute atomic E-state index is 13.1. The van der Waals surface area contributed by atoms with Gasteiger partial charge >= 0.3 is 0 Å². The summed E-state index contributed by atoms with van der Waals surface area (Å²) in [6.45, 7) is 1.45. The lowest BCUT2D eigenvalue weighted by atomic mass is 10.1. The second-order valence-electron chi connectivity index (χ2n) is 5.65. The zero-order valence-electron chi connectivity index (χ0n) is 13.3. The summed E-state index contributed by atoms with van der Waals surface area (Å²) in [4.78, 5) is 20.9. The molecule has 4 nitrogen and oxygen atoms in total. The van der Waals surface area contributed by atoms with Crippen molar-refractivity contribution in [2.24, 2.45) is 0 Å². The zero-order valence-corrected chi connectivity index (χ0v) is 14.9. The van der Waals surface area contributed by atoms with Crippen LogP contribution >= 0.6 is 23.1 Å². The number of thiophene rings is 1. The van der Waals surface area contributed by atoms with Gasteiger partial charge in [-0.05, 0) is 41.8 Å². The lowest BCUT2D eigenvalue weighted by Gasteiger charge is -2.27. The molecule has 0 aliphatic carbocycles. The molecule has 122 valence electrons. The first-order valence-corrected chi connectivity index (χ1v) is 9.90. The molecule has 0 saturated heterocycles. The van der Waals surface area contributed by atoms with Gasteiger partial charge in [-0.2, -0.15) is 0 Å². The van der Waals surface area contributed by atoms with Gasteiger partial charge in [0.1, 0.15) is 5.69 Å². The number of amides is 1. The Morgan fingerprint density at radius 2 is 2.08 bits per heavy atom. The van der Waals surface area contributed by atoms with Crippen molar-refractivity contribution in [3.63, 3.8) is 0 Å². The monoisotopic (exact) mass is 355 g/mol. The molecule has 0 radical (unpaired) electrons. The van der Waals surface area contributed by atoms with Crippen LogP contribution in [0, 0.1) is 0 Å².